The van der Waals surface area contributed by atoms with Gasteiger partial charge >= 0.3 is 0 Å². The van der Waals surface area contributed by atoms with E-state index in [9.17, 15) is 0 Å². The summed E-state index contributed by atoms with van der Waals surface area (Å²) in [5, 5.41) is 0. The molecule has 0 unspecified atom stereocenters. The van der Waals surface area contributed by atoms with Crippen molar-refractivity contribution in [3.63, 3.8) is 0 Å². The van der Waals surface area contributed by atoms with Crippen LogP contribution in [0.25, 0.3) is 0 Å². The Morgan fingerprint density at radius 1 is 0.645 bits per heavy atom. The molecule has 4 nitrogen and oxygen atoms in total. The van der Waals surface area contributed by atoms with Crippen molar-refractivity contribution in [2.75, 3.05) is 26.3 Å². The van der Waals surface area contributed by atoms with E-state index in [1.807, 2.05) is 0 Å². The lowest BCUT2D eigenvalue weighted by Gasteiger charge is -2.56. The first kappa shape index (κ1) is 19.2. The van der Waals surface area contributed by atoms with Crippen molar-refractivity contribution in [3.05, 3.63) is 108 Å². The Balaban J connectivity index is 1.47. The highest BCUT2D eigenvalue weighted by Gasteiger charge is 2.68. The van der Waals surface area contributed by atoms with Crippen molar-refractivity contribution < 1.29 is 9.47 Å². The lowest BCUT2D eigenvalue weighted by atomic mass is 9.85. The van der Waals surface area contributed by atoms with Gasteiger partial charge in [-0.3, -0.25) is 9.80 Å². The van der Waals surface area contributed by atoms with Crippen molar-refractivity contribution in [1.82, 2.24) is 9.80 Å². The molecular weight excluding hydrogens is 384 g/mol. The first-order valence-corrected chi connectivity index (χ1v) is 11.2. The summed E-state index contributed by atoms with van der Waals surface area (Å²) in [5.41, 5.74) is 2.53. The zero-order valence-corrected chi connectivity index (χ0v) is 17.9. The maximum Gasteiger partial charge on any atom is 0.191 e. The van der Waals surface area contributed by atoms with Gasteiger partial charge in [0, 0.05) is 18.7 Å². The summed E-state index contributed by atoms with van der Waals surface area (Å²) in [6.45, 7) is 5.42. The van der Waals surface area contributed by atoms with E-state index in [0.717, 1.165) is 18.7 Å². The Morgan fingerprint density at radius 2 is 1.13 bits per heavy atom. The normalized spacial score (nSPS) is 33.2. The molecule has 4 atom stereocenters. The van der Waals surface area contributed by atoms with Crippen LogP contribution in [-0.2, 0) is 15.2 Å². The molecule has 3 aromatic rings. The molecule has 3 saturated heterocycles. The minimum atomic E-state index is -0.656. The highest BCUT2D eigenvalue weighted by molar-refractivity contribution is 5.33. The van der Waals surface area contributed by atoms with Crippen LogP contribution >= 0.6 is 0 Å². The van der Waals surface area contributed by atoms with Crippen LogP contribution in [0, 0.1) is 0 Å². The molecule has 3 heterocycles. The molecule has 0 radical (unpaired) electrons. The number of nitrogens with zero attached hydrogens (tertiary/aromatic N) is 2. The van der Waals surface area contributed by atoms with E-state index >= 15 is 0 Å². The van der Waals surface area contributed by atoms with E-state index < -0.39 is 11.4 Å². The van der Waals surface area contributed by atoms with E-state index in [0.29, 0.717) is 13.2 Å². The molecule has 0 N–H and O–H groups in total. The number of ether oxygens (including phenoxy) is 2. The Morgan fingerprint density at radius 3 is 1.74 bits per heavy atom. The highest BCUT2D eigenvalue weighted by atomic mass is 16.6. The quantitative estimate of drug-likeness (QED) is 0.622. The molecule has 0 saturated carbocycles. The SMILES string of the molecule is C[C@@]12OC[C@@H](c3ccccc3)N1CCN1[C@H](c3ccccc3)CO[C@@]12c1ccccc1. The molecule has 3 aromatic carbocycles. The first-order chi connectivity index (χ1) is 15.2. The van der Waals surface area contributed by atoms with E-state index in [2.05, 4.69) is 108 Å². The van der Waals surface area contributed by atoms with Gasteiger partial charge in [0.2, 0.25) is 0 Å². The minimum Gasteiger partial charge on any atom is -0.354 e. The summed E-state index contributed by atoms with van der Waals surface area (Å²) in [4.78, 5) is 5.07. The maximum atomic E-state index is 6.86. The summed E-state index contributed by atoms with van der Waals surface area (Å²) in [6.07, 6.45) is 0. The van der Waals surface area contributed by atoms with Gasteiger partial charge in [0.15, 0.2) is 11.4 Å². The number of hydrogen-bond acceptors (Lipinski definition) is 4. The van der Waals surface area contributed by atoms with Crippen LogP contribution in [0.15, 0.2) is 91.0 Å². The Bertz CT molecular complexity index is 1040. The van der Waals surface area contributed by atoms with Crippen molar-refractivity contribution in [3.8, 4) is 0 Å². The average molecular weight is 413 g/mol. The van der Waals surface area contributed by atoms with E-state index in [1.54, 1.807) is 0 Å². The van der Waals surface area contributed by atoms with Crippen molar-refractivity contribution in [2.45, 2.75) is 30.5 Å². The van der Waals surface area contributed by atoms with Gasteiger partial charge in [-0.2, -0.15) is 0 Å². The van der Waals surface area contributed by atoms with Gasteiger partial charge in [0.25, 0.3) is 0 Å². The average Bonchev–Trinajstić information content (AvgIpc) is 3.40. The largest absolute Gasteiger partial charge is 0.354 e. The third kappa shape index (κ3) is 2.69. The molecule has 31 heavy (non-hydrogen) atoms. The molecule has 0 aromatic heterocycles. The summed E-state index contributed by atoms with van der Waals surface area (Å²) >= 11 is 0. The number of rotatable bonds is 3. The molecule has 3 aliphatic rings. The monoisotopic (exact) mass is 412 g/mol. The number of piperazine rings is 1. The topological polar surface area (TPSA) is 24.9 Å². The molecule has 0 amide bonds. The zero-order valence-electron chi connectivity index (χ0n) is 17.9. The number of benzene rings is 3. The molecule has 3 fully saturated rings. The van der Waals surface area contributed by atoms with Gasteiger partial charge in [-0.15, -0.1) is 0 Å². The maximum absolute atomic E-state index is 6.86. The van der Waals surface area contributed by atoms with E-state index in [4.69, 9.17) is 9.47 Å². The summed E-state index contributed by atoms with van der Waals surface area (Å²) in [5.74, 6) is 0. The summed E-state index contributed by atoms with van der Waals surface area (Å²) in [6, 6.07) is 32.6. The number of fused-ring (bicyclic) bond motifs is 3. The molecule has 0 bridgehead atoms. The van der Waals surface area contributed by atoms with Gasteiger partial charge in [-0.25, -0.2) is 0 Å². The summed E-state index contributed by atoms with van der Waals surface area (Å²) in [7, 11) is 0. The molecule has 0 spiro atoms. The van der Waals surface area contributed by atoms with Gasteiger partial charge < -0.3 is 9.47 Å². The second kappa shape index (κ2) is 7.28. The molecule has 4 heteroatoms. The van der Waals surface area contributed by atoms with Crippen molar-refractivity contribution in [1.29, 1.82) is 0 Å². The third-order valence-corrected chi connectivity index (χ3v) is 7.42. The molecular formula is C27H28N2O2. The van der Waals surface area contributed by atoms with Gasteiger partial charge in [0.1, 0.15) is 0 Å². The molecule has 3 aliphatic heterocycles. The van der Waals surface area contributed by atoms with Crippen LogP contribution in [0.3, 0.4) is 0 Å². The standard InChI is InChI=1S/C27H28N2O2/c1-26-27(23-15-9-4-10-16-23)29(25(20-31-27)22-13-7-3-8-14-22)18-17-28(26)24(19-30-26)21-11-5-2-6-12-21/h2-16,24-25H,17-20H2,1H3/t24-,25-,26-,27+/m0/s1. The Kier molecular flexibility index (Phi) is 4.51. The van der Waals surface area contributed by atoms with Crippen LogP contribution in [0.5, 0.6) is 0 Å². The van der Waals surface area contributed by atoms with Gasteiger partial charge in [0.05, 0.1) is 25.3 Å². The fraction of sp³-hybridized carbons (Fsp3) is 0.333. The third-order valence-electron chi connectivity index (χ3n) is 7.42. The second-order valence-corrected chi connectivity index (χ2v) is 8.85. The summed E-state index contributed by atoms with van der Waals surface area (Å²) < 4.78 is 13.6. The Labute approximate surface area is 184 Å². The van der Waals surface area contributed by atoms with Gasteiger partial charge in [-0.1, -0.05) is 91.0 Å². The zero-order chi connectivity index (χ0) is 20.9. The first-order valence-electron chi connectivity index (χ1n) is 11.2. The molecule has 158 valence electrons. The fourth-order valence-electron chi connectivity index (χ4n) is 5.98. The Hall–Kier alpha value is -2.50. The van der Waals surface area contributed by atoms with Crippen LogP contribution in [0.2, 0.25) is 0 Å². The lowest BCUT2D eigenvalue weighted by molar-refractivity contribution is -0.291. The second-order valence-electron chi connectivity index (χ2n) is 8.85. The van der Waals surface area contributed by atoms with Crippen LogP contribution in [0.1, 0.15) is 35.7 Å². The van der Waals surface area contributed by atoms with E-state index in [1.165, 1.54) is 11.1 Å². The lowest BCUT2D eigenvalue weighted by Crippen LogP contribution is -2.70. The van der Waals surface area contributed by atoms with Crippen LogP contribution in [-0.4, -0.2) is 41.8 Å². The van der Waals surface area contributed by atoms with E-state index in [-0.39, 0.29) is 12.1 Å². The predicted molar refractivity (Wildman–Crippen MR) is 120 cm³/mol. The highest BCUT2D eigenvalue weighted by Crippen LogP contribution is 2.58. The minimum absolute atomic E-state index is 0.208. The van der Waals surface area contributed by atoms with Crippen molar-refractivity contribution >= 4 is 0 Å². The van der Waals surface area contributed by atoms with Crippen LogP contribution in [0.4, 0.5) is 0 Å². The van der Waals surface area contributed by atoms with Crippen LogP contribution < -0.4 is 0 Å². The molecule has 6 rings (SSSR count). The van der Waals surface area contributed by atoms with Crippen molar-refractivity contribution in [2.24, 2.45) is 0 Å². The van der Waals surface area contributed by atoms with Gasteiger partial charge in [-0.05, 0) is 18.1 Å². The predicted octanol–water partition coefficient (Wildman–Crippen LogP) is 4.72. The number of hydrogen-bond donors (Lipinski definition) is 0. The molecule has 0 aliphatic carbocycles. The smallest absolute Gasteiger partial charge is 0.191 e. The fourth-order valence-corrected chi connectivity index (χ4v) is 5.98.